The number of carbonyl (C=O) groups excluding carboxylic acids is 2. The monoisotopic (exact) mass is 268 g/mol. The molecule has 1 aliphatic heterocycles. The van der Waals surface area contributed by atoms with E-state index in [1.165, 1.54) is 6.33 Å². The summed E-state index contributed by atoms with van der Waals surface area (Å²) in [7, 11) is 0. The number of nitrogens with zero attached hydrogens (tertiary/aromatic N) is 2. The van der Waals surface area contributed by atoms with Crippen LogP contribution < -0.4 is 10.6 Å². The summed E-state index contributed by atoms with van der Waals surface area (Å²) in [5, 5.41) is 5.50. The summed E-state index contributed by atoms with van der Waals surface area (Å²) in [6, 6.07) is 6.94. The average Bonchev–Trinajstić information content (AvgIpc) is 2.85. The van der Waals surface area contributed by atoms with Crippen LogP contribution in [0.2, 0.25) is 0 Å². The van der Waals surface area contributed by atoms with Gasteiger partial charge >= 0.3 is 0 Å². The Hall–Kier alpha value is -2.76. The van der Waals surface area contributed by atoms with Crippen LogP contribution in [0.25, 0.3) is 0 Å². The SMILES string of the molecule is O=C1Cc2ccc(C(=O)NCc3ccncn3)cc2N1. The number of anilines is 1. The second kappa shape index (κ2) is 5.08. The fourth-order valence-corrected chi connectivity index (χ4v) is 2.05. The highest BCUT2D eigenvalue weighted by Crippen LogP contribution is 2.23. The molecule has 1 aliphatic rings. The molecule has 0 atom stereocenters. The van der Waals surface area contributed by atoms with Crippen molar-refractivity contribution in [3.05, 3.63) is 53.6 Å². The van der Waals surface area contributed by atoms with E-state index in [0.29, 0.717) is 24.2 Å². The molecular formula is C14H12N4O2. The molecule has 0 saturated heterocycles. The first-order chi connectivity index (χ1) is 9.72. The van der Waals surface area contributed by atoms with Crippen molar-refractivity contribution >= 4 is 17.5 Å². The van der Waals surface area contributed by atoms with E-state index in [4.69, 9.17) is 0 Å². The molecule has 0 radical (unpaired) electrons. The summed E-state index contributed by atoms with van der Waals surface area (Å²) in [6.45, 7) is 0.338. The van der Waals surface area contributed by atoms with Gasteiger partial charge in [-0.15, -0.1) is 0 Å². The standard InChI is InChI=1S/C14H12N4O2/c19-13-6-9-1-2-10(5-12(9)18-13)14(20)16-7-11-3-4-15-8-17-11/h1-5,8H,6-7H2,(H,16,20)(H,18,19). The second-order valence-corrected chi connectivity index (χ2v) is 4.48. The Labute approximate surface area is 115 Å². The Morgan fingerprint density at radius 1 is 1.35 bits per heavy atom. The van der Waals surface area contributed by atoms with Crippen LogP contribution in [0, 0.1) is 0 Å². The summed E-state index contributed by atoms with van der Waals surface area (Å²) in [6.07, 6.45) is 3.43. The summed E-state index contributed by atoms with van der Waals surface area (Å²) in [4.78, 5) is 31.1. The first-order valence-electron chi connectivity index (χ1n) is 6.18. The maximum Gasteiger partial charge on any atom is 0.251 e. The molecule has 6 heteroatoms. The minimum absolute atomic E-state index is 0.0430. The van der Waals surface area contributed by atoms with Gasteiger partial charge in [0.05, 0.1) is 18.7 Å². The molecule has 2 aromatic rings. The number of nitrogens with one attached hydrogen (secondary N) is 2. The number of carbonyl (C=O) groups is 2. The second-order valence-electron chi connectivity index (χ2n) is 4.48. The normalized spacial score (nSPS) is 12.7. The number of benzene rings is 1. The number of amides is 2. The molecule has 0 saturated carbocycles. The lowest BCUT2D eigenvalue weighted by Crippen LogP contribution is -2.23. The zero-order valence-corrected chi connectivity index (χ0v) is 10.6. The van der Waals surface area contributed by atoms with Crippen molar-refractivity contribution in [1.82, 2.24) is 15.3 Å². The molecule has 0 bridgehead atoms. The molecule has 1 aromatic heterocycles. The van der Waals surface area contributed by atoms with Crippen LogP contribution in [0.5, 0.6) is 0 Å². The highest BCUT2D eigenvalue weighted by Gasteiger charge is 2.18. The number of aromatic nitrogens is 2. The van der Waals surface area contributed by atoms with Gasteiger partial charge in [-0.25, -0.2) is 9.97 Å². The minimum Gasteiger partial charge on any atom is -0.346 e. The third kappa shape index (κ3) is 2.49. The van der Waals surface area contributed by atoms with Crippen LogP contribution in [-0.2, 0) is 17.8 Å². The predicted molar refractivity (Wildman–Crippen MR) is 72.0 cm³/mol. The fourth-order valence-electron chi connectivity index (χ4n) is 2.05. The van der Waals surface area contributed by atoms with Crippen LogP contribution in [0.1, 0.15) is 21.6 Å². The lowest BCUT2D eigenvalue weighted by molar-refractivity contribution is -0.115. The lowest BCUT2D eigenvalue weighted by Gasteiger charge is -2.06. The van der Waals surface area contributed by atoms with Gasteiger partial charge in [0.15, 0.2) is 0 Å². The third-order valence-electron chi connectivity index (χ3n) is 3.07. The predicted octanol–water partition coefficient (Wildman–Crippen LogP) is 0.901. The van der Waals surface area contributed by atoms with E-state index >= 15 is 0 Å². The van der Waals surface area contributed by atoms with Gasteiger partial charge in [0, 0.05) is 17.4 Å². The first kappa shape index (κ1) is 12.3. The highest BCUT2D eigenvalue weighted by atomic mass is 16.2. The lowest BCUT2D eigenvalue weighted by atomic mass is 10.1. The molecule has 6 nitrogen and oxygen atoms in total. The van der Waals surface area contributed by atoms with Crippen molar-refractivity contribution in [3.63, 3.8) is 0 Å². The van der Waals surface area contributed by atoms with Crippen LogP contribution in [0.3, 0.4) is 0 Å². The maximum absolute atomic E-state index is 12.0. The van der Waals surface area contributed by atoms with E-state index in [9.17, 15) is 9.59 Å². The Morgan fingerprint density at radius 2 is 2.25 bits per heavy atom. The molecule has 3 rings (SSSR count). The van der Waals surface area contributed by atoms with Crippen molar-refractivity contribution in [2.24, 2.45) is 0 Å². The molecule has 0 unspecified atom stereocenters. The number of hydrogen-bond acceptors (Lipinski definition) is 4. The van der Waals surface area contributed by atoms with Gasteiger partial charge in [-0.1, -0.05) is 6.07 Å². The molecule has 1 aromatic carbocycles. The van der Waals surface area contributed by atoms with Crippen molar-refractivity contribution in [2.45, 2.75) is 13.0 Å². The molecule has 0 spiro atoms. The van der Waals surface area contributed by atoms with Crippen molar-refractivity contribution < 1.29 is 9.59 Å². The summed E-state index contributed by atoms with van der Waals surface area (Å²) < 4.78 is 0. The van der Waals surface area contributed by atoms with E-state index in [1.807, 2.05) is 0 Å². The molecule has 2 N–H and O–H groups in total. The molecular weight excluding hydrogens is 256 g/mol. The van der Waals surface area contributed by atoms with Crippen LogP contribution in [0.4, 0.5) is 5.69 Å². The van der Waals surface area contributed by atoms with E-state index in [-0.39, 0.29) is 11.8 Å². The smallest absolute Gasteiger partial charge is 0.251 e. The molecule has 100 valence electrons. The van der Waals surface area contributed by atoms with Crippen LogP contribution in [0.15, 0.2) is 36.8 Å². The van der Waals surface area contributed by atoms with Crippen molar-refractivity contribution in [2.75, 3.05) is 5.32 Å². The quantitative estimate of drug-likeness (QED) is 0.866. The van der Waals surface area contributed by atoms with E-state index in [2.05, 4.69) is 20.6 Å². The molecule has 2 amide bonds. The van der Waals surface area contributed by atoms with Gasteiger partial charge in [0.25, 0.3) is 5.91 Å². The molecule has 20 heavy (non-hydrogen) atoms. The van der Waals surface area contributed by atoms with Crippen molar-refractivity contribution in [3.8, 4) is 0 Å². The molecule has 2 heterocycles. The van der Waals surface area contributed by atoms with E-state index < -0.39 is 0 Å². The van der Waals surface area contributed by atoms with Gasteiger partial charge in [0.2, 0.25) is 5.91 Å². The Kier molecular flexibility index (Phi) is 3.12. The Balaban J connectivity index is 1.69. The van der Waals surface area contributed by atoms with Crippen LogP contribution in [-0.4, -0.2) is 21.8 Å². The van der Waals surface area contributed by atoms with Gasteiger partial charge in [-0.3, -0.25) is 9.59 Å². The fraction of sp³-hybridized carbons (Fsp3) is 0.143. The first-order valence-corrected chi connectivity index (χ1v) is 6.18. The third-order valence-corrected chi connectivity index (χ3v) is 3.07. The summed E-state index contributed by atoms with van der Waals surface area (Å²) >= 11 is 0. The topological polar surface area (TPSA) is 84.0 Å². The number of rotatable bonds is 3. The summed E-state index contributed by atoms with van der Waals surface area (Å²) in [5.41, 5.74) is 2.88. The Morgan fingerprint density at radius 3 is 3.05 bits per heavy atom. The van der Waals surface area contributed by atoms with Crippen molar-refractivity contribution in [1.29, 1.82) is 0 Å². The van der Waals surface area contributed by atoms with Gasteiger partial charge in [-0.2, -0.15) is 0 Å². The number of hydrogen-bond donors (Lipinski definition) is 2. The molecule has 0 fully saturated rings. The van der Waals surface area contributed by atoms with Gasteiger partial charge < -0.3 is 10.6 Å². The van der Waals surface area contributed by atoms with E-state index in [1.54, 1.807) is 30.5 Å². The summed E-state index contributed by atoms with van der Waals surface area (Å²) in [5.74, 6) is -0.244. The van der Waals surface area contributed by atoms with Gasteiger partial charge in [0.1, 0.15) is 6.33 Å². The number of fused-ring (bicyclic) bond motifs is 1. The zero-order chi connectivity index (χ0) is 13.9. The molecule has 0 aliphatic carbocycles. The van der Waals surface area contributed by atoms with Crippen LogP contribution >= 0.6 is 0 Å². The van der Waals surface area contributed by atoms with E-state index in [0.717, 1.165) is 11.3 Å². The zero-order valence-electron chi connectivity index (χ0n) is 10.6. The van der Waals surface area contributed by atoms with Gasteiger partial charge in [-0.05, 0) is 23.8 Å². The average molecular weight is 268 g/mol. The minimum atomic E-state index is -0.201. The maximum atomic E-state index is 12.0. The Bertz CT molecular complexity index is 670. The highest BCUT2D eigenvalue weighted by molar-refractivity contribution is 6.02. The largest absolute Gasteiger partial charge is 0.346 e.